The van der Waals surface area contributed by atoms with Crippen LogP contribution in [0.3, 0.4) is 0 Å². The maximum absolute atomic E-state index is 12.0. The Hall–Kier alpha value is -2.56. The van der Waals surface area contributed by atoms with Gasteiger partial charge in [0, 0.05) is 24.4 Å². The van der Waals surface area contributed by atoms with E-state index in [0.717, 1.165) is 11.3 Å². The molecular weight excluding hydrogens is 240 g/mol. The van der Waals surface area contributed by atoms with E-state index in [9.17, 15) is 4.79 Å². The molecule has 96 valence electrons. The number of nitrogens with two attached hydrogens (primary N) is 1. The Morgan fingerprint density at radius 2 is 1.89 bits per heavy atom. The summed E-state index contributed by atoms with van der Waals surface area (Å²) in [5.74, 6) is 6.70. The summed E-state index contributed by atoms with van der Waals surface area (Å²) in [6, 6.07) is 11.2. The van der Waals surface area contributed by atoms with E-state index in [1.54, 1.807) is 6.07 Å². The summed E-state index contributed by atoms with van der Waals surface area (Å²) in [5, 5.41) is 0. The Kier molecular flexibility index (Phi) is 2.41. The number of aryl methyl sites for hydroxylation is 2. The molecule has 0 spiro atoms. The zero-order valence-electron chi connectivity index (χ0n) is 10.8. The molecule has 0 aliphatic heterocycles. The van der Waals surface area contributed by atoms with Crippen molar-refractivity contribution in [3.63, 3.8) is 0 Å². The van der Waals surface area contributed by atoms with Crippen molar-refractivity contribution in [3.05, 3.63) is 52.3 Å². The first-order valence-corrected chi connectivity index (χ1v) is 5.99. The Balaban J connectivity index is 2.42. The second kappa shape index (κ2) is 3.98. The number of aromatic nitrogens is 3. The van der Waals surface area contributed by atoms with E-state index in [-0.39, 0.29) is 5.43 Å². The highest BCUT2D eigenvalue weighted by molar-refractivity contribution is 5.78. The number of benzene rings is 1. The number of nitrogen functional groups attached to an aromatic ring is 1. The third kappa shape index (κ3) is 1.62. The molecule has 3 aromatic rings. The fraction of sp³-hybridized carbons (Fsp3) is 0.143. The van der Waals surface area contributed by atoms with Crippen LogP contribution in [0.4, 0.5) is 0 Å². The molecule has 0 fully saturated rings. The first-order chi connectivity index (χ1) is 9.09. The summed E-state index contributed by atoms with van der Waals surface area (Å²) in [6.45, 7) is 1.87. The van der Waals surface area contributed by atoms with Crippen molar-refractivity contribution in [1.29, 1.82) is 0 Å². The van der Waals surface area contributed by atoms with Crippen LogP contribution >= 0.6 is 0 Å². The number of hydrogen-bond donors (Lipinski definition) is 1. The van der Waals surface area contributed by atoms with Crippen molar-refractivity contribution in [1.82, 2.24) is 14.2 Å². The van der Waals surface area contributed by atoms with Crippen LogP contribution in [0.25, 0.3) is 22.6 Å². The van der Waals surface area contributed by atoms with Crippen LogP contribution in [-0.2, 0) is 7.05 Å². The van der Waals surface area contributed by atoms with E-state index >= 15 is 0 Å². The molecule has 0 saturated carbocycles. The molecular formula is C14H14N4O. The summed E-state index contributed by atoms with van der Waals surface area (Å²) in [7, 11) is 1.87. The van der Waals surface area contributed by atoms with Crippen LogP contribution in [0.1, 0.15) is 5.69 Å². The second-order valence-electron chi connectivity index (χ2n) is 4.55. The Labute approximate surface area is 109 Å². The van der Waals surface area contributed by atoms with E-state index in [2.05, 4.69) is 4.98 Å². The number of imidazole rings is 1. The van der Waals surface area contributed by atoms with E-state index in [4.69, 9.17) is 5.84 Å². The van der Waals surface area contributed by atoms with Gasteiger partial charge in [0.25, 0.3) is 0 Å². The molecule has 0 saturated heterocycles. The van der Waals surface area contributed by atoms with E-state index in [1.807, 2.05) is 48.9 Å². The van der Waals surface area contributed by atoms with Gasteiger partial charge in [-0.2, -0.15) is 0 Å². The van der Waals surface area contributed by atoms with Crippen LogP contribution < -0.4 is 11.3 Å². The summed E-state index contributed by atoms with van der Waals surface area (Å²) < 4.78 is 3.34. The summed E-state index contributed by atoms with van der Waals surface area (Å²) in [4.78, 5) is 16.4. The third-order valence-corrected chi connectivity index (χ3v) is 3.34. The van der Waals surface area contributed by atoms with Crippen molar-refractivity contribution in [2.75, 3.05) is 5.84 Å². The molecule has 0 radical (unpaired) electrons. The highest BCUT2D eigenvalue weighted by atomic mass is 16.1. The van der Waals surface area contributed by atoms with Crippen LogP contribution in [0, 0.1) is 6.92 Å². The van der Waals surface area contributed by atoms with Crippen molar-refractivity contribution in [3.8, 4) is 11.4 Å². The molecule has 1 aromatic carbocycles. The highest BCUT2D eigenvalue weighted by Crippen LogP contribution is 2.20. The molecule has 2 heterocycles. The minimum atomic E-state index is -0.105. The SMILES string of the molecule is Cc1cc(=O)c2nc(-c3ccccc3)n(N)c2n1C. The summed E-state index contributed by atoms with van der Waals surface area (Å²) in [6.07, 6.45) is 0. The van der Waals surface area contributed by atoms with Gasteiger partial charge in [-0.25, -0.2) is 9.66 Å². The van der Waals surface area contributed by atoms with Gasteiger partial charge in [0.1, 0.15) is 0 Å². The van der Waals surface area contributed by atoms with Crippen LogP contribution in [0.15, 0.2) is 41.2 Å². The van der Waals surface area contributed by atoms with Gasteiger partial charge < -0.3 is 10.4 Å². The average Bonchev–Trinajstić information content (AvgIpc) is 2.76. The lowest BCUT2D eigenvalue weighted by Crippen LogP contribution is -2.16. The second-order valence-corrected chi connectivity index (χ2v) is 4.55. The highest BCUT2D eigenvalue weighted by Gasteiger charge is 2.15. The Morgan fingerprint density at radius 3 is 2.58 bits per heavy atom. The minimum absolute atomic E-state index is 0.105. The normalized spacial score (nSPS) is 11.1. The van der Waals surface area contributed by atoms with Crippen molar-refractivity contribution < 1.29 is 0 Å². The lowest BCUT2D eigenvalue weighted by Gasteiger charge is -2.07. The minimum Gasteiger partial charge on any atom is -0.336 e. The standard InChI is InChI=1S/C14H14N4O/c1-9-8-11(19)12-14(17(9)2)18(15)13(16-12)10-6-4-3-5-7-10/h3-8H,15H2,1-2H3. The van der Waals surface area contributed by atoms with Gasteiger partial charge in [-0.1, -0.05) is 30.3 Å². The third-order valence-electron chi connectivity index (χ3n) is 3.34. The first-order valence-electron chi connectivity index (χ1n) is 5.99. The van der Waals surface area contributed by atoms with E-state index < -0.39 is 0 Å². The zero-order valence-corrected chi connectivity index (χ0v) is 10.8. The summed E-state index contributed by atoms with van der Waals surface area (Å²) in [5.41, 5.74) is 2.66. The van der Waals surface area contributed by atoms with Gasteiger partial charge in [-0.15, -0.1) is 0 Å². The van der Waals surface area contributed by atoms with E-state index in [1.165, 1.54) is 4.68 Å². The van der Waals surface area contributed by atoms with Gasteiger partial charge in [0.05, 0.1) is 0 Å². The predicted octanol–water partition coefficient (Wildman–Crippen LogP) is 1.42. The molecule has 0 bridgehead atoms. The molecule has 19 heavy (non-hydrogen) atoms. The monoisotopic (exact) mass is 254 g/mol. The number of pyridine rings is 1. The molecule has 0 unspecified atom stereocenters. The molecule has 5 nitrogen and oxygen atoms in total. The fourth-order valence-corrected chi connectivity index (χ4v) is 2.22. The molecule has 0 amide bonds. The maximum atomic E-state index is 12.0. The molecule has 3 rings (SSSR count). The molecule has 0 atom stereocenters. The van der Waals surface area contributed by atoms with Gasteiger partial charge in [-0.3, -0.25) is 4.79 Å². The van der Waals surface area contributed by atoms with Gasteiger partial charge in [0.15, 0.2) is 17.0 Å². The van der Waals surface area contributed by atoms with Crippen molar-refractivity contribution in [2.45, 2.75) is 6.92 Å². The Morgan fingerprint density at radius 1 is 1.21 bits per heavy atom. The van der Waals surface area contributed by atoms with Gasteiger partial charge in [0.2, 0.25) is 5.43 Å². The molecule has 5 heteroatoms. The predicted molar refractivity (Wildman–Crippen MR) is 75.3 cm³/mol. The maximum Gasteiger partial charge on any atom is 0.209 e. The average molecular weight is 254 g/mol. The molecule has 0 aliphatic rings. The van der Waals surface area contributed by atoms with Crippen molar-refractivity contribution >= 4 is 11.2 Å². The van der Waals surface area contributed by atoms with Gasteiger partial charge >= 0.3 is 0 Å². The van der Waals surface area contributed by atoms with Crippen LogP contribution in [0.5, 0.6) is 0 Å². The number of rotatable bonds is 1. The number of nitrogens with zero attached hydrogens (tertiary/aromatic N) is 3. The van der Waals surface area contributed by atoms with E-state index in [0.29, 0.717) is 17.0 Å². The quantitative estimate of drug-likeness (QED) is 0.668. The number of hydrogen-bond acceptors (Lipinski definition) is 3. The lowest BCUT2D eigenvalue weighted by molar-refractivity contribution is 0.853. The molecule has 2 N–H and O–H groups in total. The van der Waals surface area contributed by atoms with Crippen molar-refractivity contribution in [2.24, 2.45) is 7.05 Å². The largest absolute Gasteiger partial charge is 0.336 e. The first kappa shape index (κ1) is 11.5. The molecule has 2 aromatic heterocycles. The van der Waals surface area contributed by atoms with Crippen LogP contribution in [-0.4, -0.2) is 14.2 Å². The number of fused-ring (bicyclic) bond motifs is 1. The van der Waals surface area contributed by atoms with Gasteiger partial charge in [-0.05, 0) is 6.92 Å². The Bertz CT molecular complexity index is 815. The smallest absolute Gasteiger partial charge is 0.209 e. The topological polar surface area (TPSA) is 65.8 Å². The fourth-order valence-electron chi connectivity index (χ4n) is 2.22. The summed E-state index contributed by atoms with van der Waals surface area (Å²) >= 11 is 0. The lowest BCUT2D eigenvalue weighted by atomic mass is 10.2. The molecule has 0 aliphatic carbocycles. The zero-order chi connectivity index (χ0) is 13.6. The van der Waals surface area contributed by atoms with Crippen LogP contribution in [0.2, 0.25) is 0 Å².